The van der Waals surface area contributed by atoms with Crippen LogP contribution in [0.3, 0.4) is 0 Å². The second kappa shape index (κ2) is 6.62. The zero-order valence-corrected chi connectivity index (χ0v) is 7.70. The highest BCUT2D eigenvalue weighted by atomic mass is 16.5. The molecule has 0 fully saturated rings. The standard InChI is InChI=1S/C9H16N2O2/c12-7-3-1-2-5-10-8-9-4-6-11-13-9/h4,6,10,12H,1-3,5,7-8H2. The van der Waals surface area contributed by atoms with Crippen LogP contribution in [-0.2, 0) is 6.54 Å². The molecule has 0 atom stereocenters. The van der Waals surface area contributed by atoms with E-state index in [1.54, 1.807) is 6.20 Å². The van der Waals surface area contributed by atoms with Gasteiger partial charge in [0.15, 0.2) is 0 Å². The van der Waals surface area contributed by atoms with Crippen LogP contribution >= 0.6 is 0 Å². The van der Waals surface area contributed by atoms with Crippen LogP contribution in [0.2, 0.25) is 0 Å². The molecule has 0 aliphatic heterocycles. The molecular formula is C9H16N2O2. The number of rotatable bonds is 7. The van der Waals surface area contributed by atoms with Gasteiger partial charge in [0.25, 0.3) is 0 Å². The molecule has 0 aromatic carbocycles. The van der Waals surface area contributed by atoms with Crippen molar-refractivity contribution in [1.82, 2.24) is 10.5 Å². The van der Waals surface area contributed by atoms with Crippen LogP contribution in [-0.4, -0.2) is 23.4 Å². The quantitative estimate of drug-likeness (QED) is 0.619. The highest BCUT2D eigenvalue weighted by molar-refractivity contribution is 4.91. The van der Waals surface area contributed by atoms with Gasteiger partial charge in [-0.05, 0) is 25.8 Å². The number of aliphatic hydroxyl groups is 1. The van der Waals surface area contributed by atoms with Crippen molar-refractivity contribution in [2.24, 2.45) is 0 Å². The zero-order chi connectivity index (χ0) is 9.36. The Hall–Kier alpha value is -0.870. The topological polar surface area (TPSA) is 58.3 Å². The van der Waals surface area contributed by atoms with E-state index < -0.39 is 0 Å². The maximum Gasteiger partial charge on any atom is 0.150 e. The van der Waals surface area contributed by atoms with E-state index in [0.29, 0.717) is 6.61 Å². The van der Waals surface area contributed by atoms with Gasteiger partial charge < -0.3 is 14.9 Å². The van der Waals surface area contributed by atoms with Crippen molar-refractivity contribution < 1.29 is 9.63 Å². The lowest BCUT2D eigenvalue weighted by Gasteiger charge is -2.00. The monoisotopic (exact) mass is 184 g/mol. The molecule has 13 heavy (non-hydrogen) atoms. The molecule has 0 radical (unpaired) electrons. The summed E-state index contributed by atoms with van der Waals surface area (Å²) in [5, 5.41) is 15.4. The fourth-order valence-corrected chi connectivity index (χ4v) is 1.08. The number of nitrogens with zero attached hydrogens (tertiary/aromatic N) is 1. The molecule has 0 spiro atoms. The van der Waals surface area contributed by atoms with E-state index in [0.717, 1.165) is 38.1 Å². The third kappa shape index (κ3) is 4.65. The van der Waals surface area contributed by atoms with Gasteiger partial charge in [-0.1, -0.05) is 5.16 Å². The van der Waals surface area contributed by atoms with Gasteiger partial charge in [0.05, 0.1) is 12.7 Å². The average molecular weight is 184 g/mol. The molecule has 1 rings (SSSR count). The van der Waals surface area contributed by atoms with Gasteiger partial charge in [-0.2, -0.15) is 0 Å². The molecule has 0 unspecified atom stereocenters. The maximum atomic E-state index is 8.53. The van der Waals surface area contributed by atoms with Gasteiger partial charge in [0.2, 0.25) is 0 Å². The normalized spacial score (nSPS) is 10.5. The van der Waals surface area contributed by atoms with Crippen LogP contribution in [0, 0.1) is 0 Å². The molecular weight excluding hydrogens is 168 g/mol. The molecule has 0 aliphatic carbocycles. The summed E-state index contributed by atoms with van der Waals surface area (Å²) in [7, 11) is 0. The largest absolute Gasteiger partial charge is 0.396 e. The van der Waals surface area contributed by atoms with E-state index in [1.165, 1.54) is 0 Å². The predicted octanol–water partition coefficient (Wildman–Crippen LogP) is 0.927. The lowest BCUT2D eigenvalue weighted by molar-refractivity contribution is 0.282. The number of aliphatic hydroxyl groups excluding tert-OH is 1. The Morgan fingerprint density at radius 1 is 1.38 bits per heavy atom. The van der Waals surface area contributed by atoms with Crippen LogP contribution in [0.1, 0.15) is 25.0 Å². The number of hydrogen-bond acceptors (Lipinski definition) is 4. The van der Waals surface area contributed by atoms with Crippen molar-refractivity contribution in [1.29, 1.82) is 0 Å². The van der Waals surface area contributed by atoms with E-state index in [2.05, 4.69) is 10.5 Å². The maximum absolute atomic E-state index is 8.53. The minimum atomic E-state index is 0.294. The summed E-state index contributed by atoms with van der Waals surface area (Å²) in [4.78, 5) is 0. The molecule has 4 heteroatoms. The Labute approximate surface area is 77.9 Å². The van der Waals surface area contributed by atoms with Crippen LogP contribution in [0.25, 0.3) is 0 Å². The Morgan fingerprint density at radius 2 is 2.31 bits per heavy atom. The minimum Gasteiger partial charge on any atom is -0.396 e. The zero-order valence-electron chi connectivity index (χ0n) is 7.70. The van der Waals surface area contributed by atoms with Gasteiger partial charge in [-0.15, -0.1) is 0 Å². The number of unbranched alkanes of at least 4 members (excludes halogenated alkanes) is 2. The summed E-state index contributed by atoms with van der Waals surface area (Å²) in [6.45, 7) is 1.99. The molecule has 2 N–H and O–H groups in total. The first-order chi connectivity index (χ1) is 6.43. The summed E-state index contributed by atoms with van der Waals surface area (Å²) in [5.41, 5.74) is 0. The molecule has 1 aromatic heterocycles. The minimum absolute atomic E-state index is 0.294. The van der Waals surface area contributed by atoms with E-state index in [9.17, 15) is 0 Å². The number of nitrogens with one attached hydrogen (secondary N) is 1. The summed E-state index contributed by atoms with van der Waals surface area (Å²) < 4.78 is 4.91. The molecule has 0 saturated heterocycles. The molecule has 74 valence electrons. The molecule has 1 heterocycles. The lowest BCUT2D eigenvalue weighted by Crippen LogP contribution is -2.14. The van der Waals surface area contributed by atoms with Gasteiger partial charge in [-0.25, -0.2) is 0 Å². The fourth-order valence-electron chi connectivity index (χ4n) is 1.08. The Kier molecular flexibility index (Phi) is 5.20. The first-order valence-corrected chi connectivity index (χ1v) is 4.64. The van der Waals surface area contributed by atoms with Crippen molar-refractivity contribution in [3.05, 3.63) is 18.0 Å². The van der Waals surface area contributed by atoms with E-state index in [4.69, 9.17) is 9.63 Å². The smallest absolute Gasteiger partial charge is 0.150 e. The predicted molar refractivity (Wildman–Crippen MR) is 49.1 cm³/mol. The van der Waals surface area contributed by atoms with Crippen molar-refractivity contribution >= 4 is 0 Å². The van der Waals surface area contributed by atoms with Crippen molar-refractivity contribution in [2.45, 2.75) is 25.8 Å². The first kappa shape index (κ1) is 10.2. The van der Waals surface area contributed by atoms with Crippen molar-refractivity contribution in [3.8, 4) is 0 Å². The lowest BCUT2D eigenvalue weighted by atomic mass is 10.2. The van der Waals surface area contributed by atoms with Crippen molar-refractivity contribution in [3.63, 3.8) is 0 Å². The Bertz CT molecular complexity index is 199. The molecule has 1 aromatic rings. The molecule has 4 nitrogen and oxygen atoms in total. The SMILES string of the molecule is OCCCCCNCc1ccno1. The Balaban J connectivity index is 1.90. The first-order valence-electron chi connectivity index (χ1n) is 4.64. The van der Waals surface area contributed by atoms with Crippen LogP contribution < -0.4 is 5.32 Å². The average Bonchev–Trinajstić information content (AvgIpc) is 2.63. The summed E-state index contributed by atoms with van der Waals surface area (Å²) in [5.74, 6) is 0.863. The van der Waals surface area contributed by atoms with Crippen LogP contribution in [0.5, 0.6) is 0 Å². The highest BCUT2D eigenvalue weighted by Gasteiger charge is 1.94. The molecule has 0 saturated carbocycles. The van der Waals surface area contributed by atoms with Crippen molar-refractivity contribution in [2.75, 3.05) is 13.2 Å². The molecule has 0 bridgehead atoms. The van der Waals surface area contributed by atoms with Gasteiger partial charge in [0, 0.05) is 12.7 Å². The van der Waals surface area contributed by atoms with Gasteiger partial charge in [0.1, 0.15) is 5.76 Å². The third-order valence-electron chi connectivity index (χ3n) is 1.80. The third-order valence-corrected chi connectivity index (χ3v) is 1.80. The van der Waals surface area contributed by atoms with E-state index in [1.807, 2.05) is 6.07 Å². The van der Waals surface area contributed by atoms with E-state index in [-0.39, 0.29) is 0 Å². The van der Waals surface area contributed by atoms with Gasteiger partial charge in [-0.3, -0.25) is 0 Å². The fraction of sp³-hybridized carbons (Fsp3) is 0.667. The molecule has 0 aliphatic rings. The summed E-state index contributed by atoms with van der Waals surface area (Å²) in [6, 6.07) is 1.85. The summed E-state index contributed by atoms with van der Waals surface area (Å²) >= 11 is 0. The summed E-state index contributed by atoms with van der Waals surface area (Å²) in [6.07, 6.45) is 4.70. The van der Waals surface area contributed by atoms with Crippen LogP contribution in [0.15, 0.2) is 16.8 Å². The Morgan fingerprint density at radius 3 is 3.00 bits per heavy atom. The van der Waals surface area contributed by atoms with Crippen LogP contribution in [0.4, 0.5) is 0 Å². The highest BCUT2D eigenvalue weighted by Crippen LogP contribution is 1.96. The van der Waals surface area contributed by atoms with Gasteiger partial charge >= 0.3 is 0 Å². The van der Waals surface area contributed by atoms with E-state index >= 15 is 0 Å². The second-order valence-electron chi connectivity index (χ2n) is 2.94. The molecule has 0 amide bonds. The second-order valence-corrected chi connectivity index (χ2v) is 2.94. The number of hydrogen-bond donors (Lipinski definition) is 2. The number of aromatic nitrogens is 1.